The summed E-state index contributed by atoms with van der Waals surface area (Å²) in [6, 6.07) is 5.04. The van der Waals surface area contributed by atoms with E-state index in [1.54, 1.807) is 0 Å². The molecule has 0 aliphatic carbocycles. The maximum atomic E-state index is 12.3. The highest BCUT2D eigenvalue weighted by Gasteiger charge is 2.29. The van der Waals surface area contributed by atoms with Crippen LogP contribution in [-0.4, -0.2) is 12.4 Å². The van der Waals surface area contributed by atoms with Crippen LogP contribution in [0.15, 0.2) is 30.8 Å². The van der Waals surface area contributed by atoms with E-state index in [9.17, 15) is 13.2 Å². The van der Waals surface area contributed by atoms with Crippen LogP contribution in [0.5, 0.6) is 0 Å². The van der Waals surface area contributed by atoms with Gasteiger partial charge in [-0.3, -0.25) is 0 Å². The summed E-state index contributed by atoms with van der Waals surface area (Å²) in [6.45, 7) is 5.80. The monoisotopic (exact) mass is 261 g/mol. The second kappa shape index (κ2) is 5.60. The van der Waals surface area contributed by atoms with Crippen LogP contribution in [0.25, 0.3) is 4.91 Å². The van der Waals surface area contributed by atoms with Crippen molar-refractivity contribution in [3.05, 3.63) is 42.0 Å². The molecule has 0 fully saturated rings. The van der Waals surface area contributed by atoms with Crippen LogP contribution in [0, 0.1) is 0 Å². The molecule has 1 aromatic rings. The zero-order valence-corrected chi connectivity index (χ0v) is 10.5. The minimum absolute atomic E-state index is 0.171. The fourth-order valence-corrected chi connectivity index (χ4v) is 2.00. The van der Waals surface area contributed by atoms with Crippen LogP contribution in [0.1, 0.15) is 18.1 Å². The molecule has 0 bridgehead atoms. The molecule has 1 unspecified atom stereocenters. The Labute approximate surface area is 103 Å². The van der Waals surface area contributed by atoms with E-state index < -0.39 is 11.7 Å². The lowest BCUT2D eigenvalue weighted by Gasteiger charge is -2.13. The first-order valence-corrected chi connectivity index (χ1v) is 5.93. The molecule has 0 aliphatic heterocycles. The van der Waals surface area contributed by atoms with Crippen LogP contribution in [0.4, 0.5) is 13.2 Å². The maximum Gasteiger partial charge on any atom is 0.416 e. The second-order valence-corrected chi connectivity index (χ2v) is 4.98. The fourth-order valence-electron chi connectivity index (χ4n) is 1.19. The maximum absolute atomic E-state index is 12.3. The Kier molecular flexibility index (Phi) is 4.65. The predicted octanol–water partition coefficient (Wildman–Crippen LogP) is 3.97. The van der Waals surface area contributed by atoms with Crippen molar-refractivity contribution >= 4 is 16.7 Å². The van der Waals surface area contributed by atoms with Gasteiger partial charge in [0.2, 0.25) is 0 Å². The van der Waals surface area contributed by atoms with Gasteiger partial charge in [0.15, 0.2) is 0 Å². The lowest BCUT2D eigenvalue weighted by Crippen LogP contribution is -2.16. The minimum Gasteiger partial charge on any atom is -0.308 e. The molecule has 1 rings (SSSR count). The topological polar surface area (TPSA) is 12.0 Å². The van der Waals surface area contributed by atoms with Gasteiger partial charge in [0.25, 0.3) is 0 Å². The number of rotatable bonds is 4. The fraction of sp³-hybridized carbons (Fsp3) is 0.333. The Morgan fingerprint density at radius 1 is 1.29 bits per heavy atom. The molecule has 0 amide bonds. The lowest BCUT2D eigenvalue weighted by molar-refractivity contribution is -0.137. The molecule has 1 atom stereocenters. The van der Waals surface area contributed by atoms with Gasteiger partial charge in [-0.05, 0) is 31.7 Å². The smallest absolute Gasteiger partial charge is 0.308 e. The molecule has 5 heteroatoms. The predicted molar refractivity (Wildman–Crippen MR) is 66.6 cm³/mol. The highest BCUT2D eigenvalue weighted by atomic mass is 32.2. The van der Waals surface area contributed by atoms with Gasteiger partial charge < -0.3 is 5.32 Å². The lowest BCUT2D eigenvalue weighted by atomic mass is 10.1. The van der Waals surface area contributed by atoms with Gasteiger partial charge >= 0.3 is 6.18 Å². The Balaban J connectivity index is 2.78. The van der Waals surface area contributed by atoms with Gasteiger partial charge in [0.1, 0.15) is 0 Å². The van der Waals surface area contributed by atoms with Crippen LogP contribution >= 0.6 is 11.8 Å². The molecule has 0 aliphatic rings. The Morgan fingerprint density at radius 2 is 1.82 bits per heavy atom. The van der Waals surface area contributed by atoms with E-state index in [4.69, 9.17) is 0 Å². The molecule has 0 aromatic heterocycles. The van der Waals surface area contributed by atoms with Gasteiger partial charge in [-0.25, -0.2) is 0 Å². The average Bonchev–Trinajstić information content (AvgIpc) is 2.27. The van der Waals surface area contributed by atoms with E-state index in [1.807, 2.05) is 14.0 Å². The van der Waals surface area contributed by atoms with Gasteiger partial charge in [-0.2, -0.15) is 13.2 Å². The first-order chi connectivity index (χ1) is 7.84. The standard InChI is InChI=1S/C12H14F3NS/c1-8(17-9(2)16-3)10-4-6-11(7-5-10)12(13,14)15/h4-7,9,16H,1H2,2-3H3. The SMILES string of the molecule is C=C(SC(C)NC)c1ccc(C(F)(F)F)cc1. The van der Waals surface area contributed by atoms with Gasteiger partial charge in [0, 0.05) is 4.91 Å². The van der Waals surface area contributed by atoms with E-state index >= 15 is 0 Å². The normalized spacial score (nSPS) is 13.5. The Morgan fingerprint density at radius 3 is 2.24 bits per heavy atom. The van der Waals surface area contributed by atoms with Crippen molar-refractivity contribution in [3.63, 3.8) is 0 Å². The van der Waals surface area contributed by atoms with Crippen molar-refractivity contribution in [1.82, 2.24) is 5.32 Å². The number of alkyl halides is 3. The summed E-state index contributed by atoms with van der Waals surface area (Å²) in [4.78, 5) is 0.751. The van der Waals surface area contributed by atoms with Crippen molar-refractivity contribution in [2.75, 3.05) is 7.05 Å². The average molecular weight is 261 g/mol. The summed E-state index contributed by atoms with van der Waals surface area (Å²) in [5.41, 5.74) is 0.0748. The quantitative estimate of drug-likeness (QED) is 0.823. The molecule has 1 N–H and O–H groups in total. The highest BCUT2D eigenvalue weighted by molar-refractivity contribution is 8.08. The Hall–Kier alpha value is -0.940. The van der Waals surface area contributed by atoms with Crippen molar-refractivity contribution in [2.45, 2.75) is 18.5 Å². The van der Waals surface area contributed by atoms with Crippen LogP contribution in [0.3, 0.4) is 0 Å². The largest absolute Gasteiger partial charge is 0.416 e. The summed E-state index contributed by atoms with van der Waals surface area (Å²) >= 11 is 1.48. The van der Waals surface area contributed by atoms with Crippen molar-refractivity contribution < 1.29 is 13.2 Å². The van der Waals surface area contributed by atoms with E-state index in [1.165, 1.54) is 23.9 Å². The molecule has 17 heavy (non-hydrogen) atoms. The molecule has 1 aromatic carbocycles. The van der Waals surface area contributed by atoms with Crippen molar-refractivity contribution in [3.8, 4) is 0 Å². The molecule has 0 spiro atoms. The summed E-state index contributed by atoms with van der Waals surface area (Å²) < 4.78 is 37.0. The zero-order chi connectivity index (χ0) is 13.1. The highest BCUT2D eigenvalue weighted by Crippen LogP contribution is 2.32. The van der Waals surface area contributed by atoms with E-state index in [0.29, 0.717) is 5.56 Å². The van der Waals surface area contributed by atoms with Crippen molar-refractivity contribution in [2.24, 2.45) is 0 Å². The van der Waals surface area contributed by atoms with Crippen LogP contribution in [0.2, 0.25) is 0 Å². The number of benzene rings is 1. The second-order valence-electron chi connectivity index (χ2n) is 3.55. The number of halogens is 3. The zero-order valence-electron chi connectivity index (χ0n) is 9.64. The molecule has 1 nitrogen and oxygen atoms in total. The van der Waals surface area contributed by atoms with Gasteiger partial charge in [-0.1, -0.05) is 18.7 Å². The van der Waals surface area contributed by atoms with E-state index in [0.717, 1.165) is 17.0 Å². The molecule has 0 saturated heterocycles. The molecular weight excluding hydrogens is 247 g/mol. The number of hydrogen-bond donors (Lipinski definition) is 1. The molecular formula is C12H14F3NS. The van der Waals surface area contributed by atoms with Gasteiger partial charge in [-0.15, -0.1) is 11.8 Å². The minimum atomic E-state index is -4.29. The summed E-state index contributed by atoms with van der Waals surface area (Å²) in [5, 5.41) is 3.19. The number of thioether (sulfide) groups is 1. The third-order valence-electron chi connectivity index (χ3n) is 2.26. The van der Waals surface area contributed by atoms with Crippen LogP contribution < -0.4 is 5.32 Å². The third kappa shape index (κ3) is 4.09. The van der Waals surface area contributed by atoms with Crippen molar-refractivity contribution in [1.29, 1.82) is 0 Å². The van der Waals surface area contributed by atoms with Gasteiger partial charge in [0.05, 0.1) is 10.9 Å². The summed E-state index contributed by atoms with van der Waals surface area (Å²) in [5.74, 6) is 0. The number of hydrogen-bond acceptors (Lipinski definition) is 2. The van der Waals surface area contributed by atoms with Crippen LogP contribution in [-0.2, 0) is 6.18 Å². The molecule has 94 valence electrons. The van der Waals surface area contributed by atoms with E-state index in [2.05, 4.69) is 11.9 Å². The van der Waals surface area contributed by atoms with E-state index in [-0.39, 0.29) is 5.37 Å². The molecule has 0 radical (unpaired) electrons. The molecule has 0 heterocycles. The first-order valence-electron chi connectivity index (χ1n) is 5.05. The Bertz CT molecular complexity index is 384. The number of nitrogens with one attached hydrogen (secondary N) is 1. The summed E-state index contributed by atoms with van der Waals surface area (Å²) in [7, 11) is 1.82. The third-order valence-corrected chi connectivity index (χ3v) is 3.37. The molecule has 0 saturated carbocycles. The summed E-state index contributed by atoms with van der Waals surface area (Å²) in [6.07, 6.45) is -4.29. The first kappa shape index (κ1) is 14.1.